The van der Waals surface area contributed by atoms with Gasteiger partial charge in [0.25, 0.3) is 5.91 Å². The Morgan fingerprint density at radius 2 is 1.86 bits per heavy atom. The van der Waals surface area contributed by atoms with Gasteiger partial charge in [0, 0.05) is 12.1 Å². The molecule has 28 heavy (non-hydrogen) atoms. The summed E-state index contributed by atoms with van der Waals surface area (Å²) in [6.45, 7) is 6.96. The maximum Gasteiger partial charge on any atom is 0.338 e. The summed E-state index contributed by atoms with van der Waals surface area (Å²) < 4.78 is 29.9. The van der Waals surface area contributed by atoms with Gasteiger partial charge >= 0.3 is 12.0 Å². The Kier molecular flexibility index (Phi) is 6.03. The highest BCUT2D eigenvalue weighted by molar-refractivity contribution is 7.92. The van der Waals surface area contributed by atoms with E-state index in [9.17, 15) is 22.8 Å². The van der Waals surface area contributed by atoms with E-state index in [1.165, 1.54) is 17.3 Å². The van der Waals surface area contributed by atoms with Crippen LogP contribution < -0.4 is 14.9 Å². The fourth-order valence-corrected chi connectivity index (χ4v) is 3.67. The van der Waals surface area contributed by atoms with Crippen molar-refractivity contribution in [3.8, 4) is 0 Å². The molecular weight excluding hydrogens is 386 g/mol. The number of urea groups is 1. The molecule has 1 aliphatic rings. The van der Waals surface area contributed by atoms with E-state index in [1.807, 2.05) is 0 Å². The van der Waals surface area contributed by atoms with Gasteiger partial charge in [-0.1, -0.05) is 0 Å². The van der Waals surface area contributed by atoms with Gasteiger partial charge in [0.1, 0.15) is 0 Å². The van der Waals surface area contributed by atoms with Gasteiger partial charge in [-0.2, -0.15) is 0 Å². The molecule has 2 N–H and O–H groups in total. The van der Waals surface area contributed by atoms with Crippen molar-refractivity contribution in [3.05, 3.63) is 29.3 Å². The third kappa shape index (κ3) is 5.44. The first-order valence-electron chi connectivity index (χ1n) is 8.72. The molecule has 1 aromatic rings. The maximum absolute atomic E-state index is 12.3. The maximum atomic E-state index is 12.3. The van der Waals surface area contributed by atoms with Gasteiger partial charge in [0.05, 0.1) is 17.5 Å². The lowest BCUT2D eigenvalue weighted by Crippen LogP contribution is -2.50. The summed E-state index contributed by atoms with van der Waals surface area (Å²) in [7, 11) is -3.38. The zero-order chi connectivity index (χ0) is 21.3. The average molecular weight is 411 g/mol. The van der Waals surface area contributed by atoms with Gasteiger partial charge in [0.2, 0.25) is 10.0 Å². The number of hydrogen-bond acceptors (Lipinski definition) is 6. The molecule has 0 saturated heterocycles. The fourth-order valence-electron chi connectivity index (χ4n) is 2.71. The van der Waals surface area contributed by atoms with E-state index in [1.54, 1.807) is 32.9 Å². The molecule has 0 spiro atoms. The zero-order valence-corrected chi connectivity index (χ0v) is 17.3. The van der Waals surface area contributed by atoms with E-state index in [4.69, 9.17) is 4.74 Å². The van der Waals surface area contributed by atoms with Crippen molar-refractivity contribution >= 4 is 33.6 Å². The van der Waals surface area contributed by atoms with Gasteiger partial charge in [0.15, 0.2) is 6.10 Å². The minimum atomic E-state index is -3.38. The van der Waals surface area contributed by atoms with Crippen molar-refractivity contribution in [3.63, 3.8) is 0 Å². The van der Waals surface area contributed by atoms with Crippen LogP contribution in [0.2, 0.25) is 0 Å². The first-order chi connectivity index (χ1) is 12.8. The van der Waals surface area contributed by atoms with Gasteiger partial charge < -0.3 is 10.1 Å². The number of fused-ring (bicyclic) bond motifs is 1. The monoisotopic (exact) mass is 411 g/mol. The van der Waals surface area contributed by atoms with Gasteiger partial charge in [-0.25, -0.2) is 18.0 Å². The fraction of sp³-hybridized carbons (Fsp3) is 0.500. The molecule has 10 heteroatoms. The molecule has 3 amide bonds. The number of sulfonamides is 1. The van der Waals surface area contributed by atoms with Crippen LogP contribution in [-0.2, 0) is 26.0 Å². The third-order valence-corrected chi connectivity index (χ3v) is 5.13. The van der Waals surface area contributed by atoms with Crippen LogP contribution in [0.5, 0.6) is 0 Å². The van der Waals surface area contributed by atoms with Crippen LogP contribution >= 0.6 is 0 Å². The van der Waals surface area contributed by atoms with E-state index in [0.29, 0.717) is 24.2 Å². The number of benzene rings is 1. The smallest absolute Gasteiger partial charge is 0.338 e. The van der Waals surface area contributed by atoms with Crippen molar-refractivity contribution in [2.24, 2.45) is 0 Å². The van der Waals surface area contributed by atoms with E-state index in [-0.39, 0.29) is 5.56 Å². The molecule has 0 aromatic heterocycles. The molecule has 1 unspecified atom stereocenters. The number of amides is 3. The lowest BCUT2D eigenvalue weighted by atomic mass is 10.1. The molecule has 0 aliphatic carbocycles. The van der Waals surface area contributed by atoms with Crippen LogP contribution in [0.25, 0.3) is 0 Å². The molecule has 1 atom stereocenters. The standard InChI is InChI=1S/C18H25N3O6S/c1-11(15(22)19-17(24)20-18(2,3)4)27-16(23)13-6-7-14-12(10-13)8-9-21(14)28(5,25)26/h6-7,10-11H,8-9H2,1-5H3,(H2,19,20,22,24). The molecule has 9 nitrogen and oxygen atoms in total. The number of esters is 1. The number of anilines is 1. The Labute approximate surface area is 164 Å². The number of carbonyl (C=O) groups is 3. The summed E-state index contributed by atoms with van der Waals surface area (Å²) in [5, 5.41) is 4.69. The largest absolute Gasteiger partial charge is 0.449 e. The summed E-state index contributed by atoms with van der Waals surface area (Å²) in [6.07, 6.45) is 0.423. The van der Waals surface area contributed by atoms with E-state index >= 15 is 0 Å². The van der Waals surface area contributed by atoms with Crippen LogP contribution in [0.15, 0.2) is 18.2 Å². The van der Waals surface area contributed by atoms with Crippen molar-refractivity contribution in [1.82, 2.24) is 10.6 Å². The number of carbonyl (C=O) groups excluding carboxylic acids is 3. The summed E-state index contributed by atoms with van der Waals surface area (Å²) in [5.41, 5.74) is 0.923. The average Bonchev–Trinajstić information content (AvgIpc) is 2.95. The Bertz CT molecular complexity index is 904. The zero-order valence-electron chi connectivity index (χ0n) is 16.5. The van der Waals surface area contributed by atoms with E-state index in [2.05, 4.69) is 10.6 Å². The first kappa shape index (κ1) is 21.7. The summed E-state index contributed by atoms with van der Waals surface area (Å²) >= 11 is 0. The Hall–Kier alpha value is -2.62. The second-order valence-electron chi connectivity index (χ2n) is 7.67. The SMILES string of the molecule is CC(OC(=O)c1ccc2c(c1)CCN2S(C)(=O)=O)C(=O)NC(=O)NC(C)(C)C. The summed E-state index contributed by atoms with van der Waals surface area (Å²) in [5.74, 6) is -1.49. The van der Waals surface area contributed by atoms with Crippen molar-refractivity contribution in [2.75, 3.05) is 17.1 Å². The second-order valence-corrected chi connectivity index (χ2v) is 9.58. The normalized spacial score (nSPS) is 14.8. The number of imide groups is 1. The van der Waals surface area contributed by atoms with Gasteiger partial charge in [-0.15, -0.1) is 0 Å². The van der Waals surface area contributed by atoms with Gasteiger partial charge in [-0.3, -0.25) is 14.4 Å². The highest BCUT2D eigenvalue weighted by Crippen LogP contribution is 2.30. The molecule has 0 bridgehead atoms. The molecule has 2 rings (SSSR count). The molecular formula is C18H25N3O6S. The number of hydrogen-bond donors (Lipinski definition) is 2. The lowest BCUT2D eigenvalue weighted by molar-refractivity contribution is -0.127. The van der Waals surface area contributed by atoms with Crippen molar-refractivity contribution in [1.29, 1.82) is 0 Å². The van der Waals surface area contributed by atoms with Gasteiger partial charge in [-0.05, 0) is 57.9 Å². The van der Waals surface area contributed by atoms with Crippen LogP contribution in [0.4, 0.5) is 10.5 Å². The molecule has 0 radical (unpaired) electrons. The topological polar surface area (TPSA) is 122 Å². The Balaban J connectivity index is 2.01. The molecule has 0 saturated carbocycles. The number of ether oxygens (including phenoxy) is 1. The number of rotatable bonds is 4. The van der Waals surface area contributed by atoms with Crippen LogP contribution in [-0.4, -0.2) is 50.8 Å². The van der Waals surface area contributed by atoms with Crippen LogP contribution in [0, 0.1) is 0 Å². The van der Waals surface area contributed by atoms with Crippen molar-refractivity contribution < 1.29 is 27.5 Å². The molecule has 1 aromatic carbocycles. The minimum Gasteiger partial charge on any atom is -0.449 e. The summed E-state index contributed by atoms with van der Waals surface area (Å²) in [6, 6.07) is 3.86. The third-order valence-electron chi connectivity index (χ3n) is 3.95. The van der Waals surface area contributed by atoms with Crippen molar-refractivity contribution in [2.45, 2.75) is 45.8 Å². The highest BCUT2D eigenvalue weighted by Gasteiger charge is 2.28. The first-order valence-corrected chi connectivity index (χ1v) is 10.6. The van der Waals surface area contributed by atoms with E-state index in [0.717, 1.165) is 6.26 Å². The Morgan fingerprint density at radius 1 is 1.21 bits per heavy atom. The quantitative estimate of drug-likeness (QED) is 0.718. The number of nitrogens with one attached hydrogen (secondary N) is 2. The minimum absolute atomic E-state index is 0.202. The predicted octanol–water partition coefficient (Wildman–Crippen LogP) is 1.18. The predicted molar refractivity (Wildman–Crippen MR) is 104 cm³/mol. The molecule has 0 fully saturated rings. The Morgan fingerprint density at radius 3 is 2.43 bits per heavy atom. The second kappa shape index (κ2) is 7.78. The lowest BCUT2D eigenvalue weighted by Gasteiger charge is -2.21. The molecule has 1 aliphatic heterocycles. The van der Waals surface area contributed by atoms with Crippen LogP contribution in [0.3, 0.4) is 0 Å². The highest BCUT2D eigenvalue weighted by atomic mass is 32.2. The molecule has 154 valence electrons. The number of nitrogens with zero attached hydrogens (tertiary/aromatic N) is 1. The molecule has 1 heterocycles. The van der Waals surface area contributed by atoms with E-state index < -0.39 is 39.6 Å². The van der Waals surface area contributed by atoms with Crippen LogP contribution in [0.1, 0.15) is 43.6 Å². The summed E-state index contributed by atoms with van der Waals surface area (Å²) in [4.78, 5) is 36.1.